The van der Waals surface area contributed by atoms with Crippen LogP contribution in [-0.2, 0) is 7.05 Å². The molecule has 3 heterocycles. The first-order valence-corrected chi connectivity index (χ1v) is 14.5. The summed E-state index contributed by atoms with van der Waals surface area (Å²) in [6.07, 6.45) is 19.5. The summed E-state index contributed by atoms with van der Waals surface area (Å²) in [6, 6.07) is 7.96. The maximum Gasteiger partial charge on any atom is 0.183 e. The highest BCUT2D eigenvalue weighted by atomic mass is 16.5. The van der Waals surface area contributed by atoms with Gasteiger partial charge in [-0.3, -0.25) is 0 Å². The smallest absolute Gasteiger partial charge is 0.183 e. The molecule has 0 bridgehead atoms. The Morgan fingerprint density at radius 3 is 1.71 bits per heavy atom. The van der Waals surface area contributed by atoms with Crippen molar-refractivity contribution in [3.05, 3.63) is 89.3 Å². The third-order valence-electron chi connectivity index (χ3n) is 7.17. The van der Waals surface area contributed by atoms with E-state index in [-0.39, 0.29) is 0 Å². The SMILES string of the molecule is C=[N+]1C=CC=C(C(C)C)C1.CC(C)C1CCCC1.CC(C)c1ccc[n+](C)c1.CC(C)c1ccc[n+]([O-])c1. The lowest BCUT2D eigenvalue weighted by atomic mass is 9.95. The molecule has 0 saturated heterocycles. The highest BCUT2D eigenvalue weighted by molar-refractivity contribution is 5.22. The van der Waals surface area contributed by atoms with Gasteiger partial charge in [0, 0.05) is 29.3 Å². The number of nitrogens with zero attached hydrogens (tertiary/aromatic N) is 3. The predicted octanol–water partition coefficient (Wildman–Crippen LogP) is 7.72. The first-order chi connectivity index (χ1) is 17.9. The summed E-state index contributed by atoms with van der Waals surface area (Å²) in [5.74, 6) is 3.72. The second-order valence-corrected chi connectivity index (χ2v) is 11.9. The van der Waals surface area contributed by atoms with Gasteiger partial charge in [-0.25, -0.2) is 9.14 Å². The fourth-order valence-corrected chi connectivity index (χ4v) is 4.39. The summed E-state index contributed by atoms with van der Waals surface area (Å²) >= 11 is 0. The van der Waals surface area contributed by atoms with E-state index in [4.69, 9.17) is 0 Å². The van der Waals surface area contributed by atoms with Crippen LogP contribution in [0.3, 0.4) is 0 Å². The number of rotatable bonds is 4. The van der Waals surface area contributed by atoms with Crippen molar-refractivity contribution in [1.82, 2.24) is 0 Å². The summed E-state index contributed by atoms with van der Waals surface area (Å²) < 4.78 is 4.86. The van der Waals surface area contributed by atoms with E-state index in [2.05, 4.69) is 91.1 Å². The van der Waals surface area contributed by atoms with Crippen LogP contribution in [-0.4, -0.2) is 17.8 Å². The van der Waals surface area contributed by atoms with Gasteiger partial charge >= 0.3 is 0 Å². The average Bonchev–Trinajstić information content (AvgIpc) is 3.41. The zero-order valence-corrected chi connectivity index (χ0v) is 25.7. The standard InChI is InChI=1S/2C9H14N.C8H11NO.C8H16/c2*1-8(2)9-5-4-6-10(3)7-9;1-7(2)8-4-3-5-9(10)6-8;1-7(2)8-5-3-4-6-8/h4-8H,1-3H3;4-6,8H,3,7H2,1-2H3;3-7H,1-2H3;7-8H,3-6H2,1-2H3/q2*+1;;. The van der Waals surface area contributed by atoms with Gasteiger partial charge in [-0.2, -0.15) is 4.73 Å². The van der Waals surface area contributed by atoms with Crippen molar-refractivity contribution in [2.75, 3.05) is 6.54 Å². The lowest BCUT2D eigenvalue weighted by molar-refractivity contribution is -0.672. The Bertz CT molecular complexity index is 962. The molecule has 0 atom stereocenters. The van der Waals surface area contributed by atoms with E-state index in [1.807, 2.05) is 36.2 Å². The summed E-state index contributed by atoms with van der Waals surface area (Å²) in [7, 11) is 2.05. The molecule has 1 fully saturated rings. The van der Waals surface area contributed by atoms with E-state index in [1.54, 1.807) is 12.3 Å². The topological polar surface area (TPSA) is 33.8 Å². The molecule has 2 aromatic heterocycles. The Kier molecular flexibility index (Phi) is 15.5. The molecule has 0 amide bonds. The molecule has 0 spiro atoms. The van der Waals surface area contributed by atoms with Gasteiger partial charge in [0.15, 0.2) is 37.5 Å². The first kappa shape index (κ1) is 33.3. The normalized spacial score (nSPS) is 15.0. The molecule has 210 valence electrons. The van der Waals surface area contributed by atoms with E-state index in [9.17, 15) is 5.21 Å². The zero-order valence-electron chi connectivity index (χ0n) is 25.7. The third kappa shape index (κ3) is 13.7. The maximum atomic E-state index is 10.7. The van der Waals surface area contributed by atoms with Crippen LogP contribution < -0.4 is 9.30 Å². The van der Waals surface area contributed by atoms with Gasteiger partial charge in [-0.15, -0.1) is 0 Å². The lowest BCUT2D eigenvalue weighted by Crippen LogP contribution is -2.27. The molecule has 4 rings (SSSR count). The van der Waals surface area contributed by atoms with Crippen LogP contribution in [0.5, 0.6) is 0 Å². The Morgan fingerprint density at radius 2 is 1.37 bits per heavy atom. The Hall–Kier alpha value is -2.75. The van der Waals surface area contributed by atoms with Crippen LogP contribution in [0.4, 0.5) is 0 Å². The fourth-order valence-electron chi connectivity index (χ4n) is 4.39. The summed E-state index contributed by atoms with van der Waals surface area (Å²) in [6.45, 7) is 22.5. The molecule has 1 aliphatic heterocycles. The second kappa shape index (κ2) is 17.7. The van der Waals surface area contributed by atoms with Gasteiger partial charge < -0.3 is 5.21 Å². The van der Waals surface area contributed by atoms with Gasteiger partial charge in [0.05, 0.1) is 0 Å². The summed E-state index contributed by atoms with van der Waals surface area (Å²) in [4.78, 5) is 0. The van der Waals surface area contributed by atoms with Crippen LogP contribution in [0.2, 0.25) is 0 Å². The van der Waals surface area contributed by atoms with Crippen molar-refractivity contribution < 1.29 is 13.9 Å². The summed E-state index contributed by atoms with van der Waals surface area (Å²) in [5.41, 5.74) is 3.93. The molecule has 38 heavy (non-hydrogen) atoms. The minimum absolute atomic E-state index is 0.432. The molecule has 0 aromatic carbocycles. The maximum absolute atomic E-state index is 10.7. The van der Waals surface area contributed by atoms with E-state index >= 15 is 0 Å². The molecule has 0 radical (unpaired) electrons. The number of aromatic nitrogens is 2. The minimum Gasteiger partial charge on any atom is -0.619 e. The highest BCUT2D eigenvalue weighted by Gasteiger charge is 2.17. The van der Waals surface area contributed by atoms with Crippen molar-refractivity contribution in [2.45, 2.75) is 92.9 Å². The number of hydrogen-bond acceptors (Lipinski definition) is 1. The highest BCUT2D eigenvalue weighted by Crippen LogP contribution is 2.30. The van der Waals surface area contributed by atoms with Gasteiger partial charge in [-0.1, -0.05) is 87.1 Å². The van der Waals surface area contributed by atoms with E-state index < -0.39 is 0 Å². The molecule has 2 aliphatic rings. The molecule has 0 N–H and O–H groups in total. The van der Waals surface area contributed by atoms with Gasteiger partial charge in [-0.05, 0) is 47.3 Å². The molecule has 4 heteroatoms. The number of pyridine rings is 2. The van der Waals surface area contributed by atoms with Crippen molar-refractivity contribution >= 4 is 6.72 Å². The molecule has 4 nitrogen and oxygen atoms in total. The predicted molar refractivity (Wildman–Crippen MR) is 162 cm³/mol. The molecular formula is C34H55N3O+2. The summed E-state index contributed by atoms with van der Waals surface area (Å²) in [5, 5.41) is 10.7. The molecule has 0 unspecified atom stereocenters. The van der Waals surface area contributed by atoms with Gasteiger partial charge in [0.1, 0.15) is 13.8 Å². The van der Waals surface area contributed by atoms with Gasteiger partial charge in [0.2, 0.25) is 0 Å². The Balaban J connectivity index is 0.000000254. The van der Waals surface area contributed by atoms with Crippen molar-refractivity contribution in [3.8, 4) is 0 Å². The minimum atomic E-state index is 0.432. The van der Waals surface area contributed by atoms with Crippen LogP contribution in [0.15, 0.2) is 73.0 Å². The number of allylic oxidation sites excluding steroid dienone is 2. The largest absolute Gasteiger partial charge is 0.619 e. The van der Waals surface area contributed by atoms with E-state index in [0.29, 0.717) is 17.8 Å². The average molecular weight is 522 g/mol. The van der Waals surface area contributed by atoms with Crippen LogP contribution in [0.25, 0.3) is 0 Å². The van der Waals surface area contributed by atoms with Gasteiger partial charge in [0.25, 0.3) is 0 Å². The molecule has 1 aliphatic carbocycles. The fraction of sp³-hybridized carbons (Fsp3) is 0.559. The van der Waals surface area contributed by atoms with Crippen molar-refractivity contribution in [1.29, 1.82) is 0 Å². The lowest BCUT2D eigenvalue weighted by Gasteiger charge is -2.11. The third-order valence-corrected chi connectivity index (χ3v) is 7.17. The monoisotopic (exact) mass is 521 g/mol. The quantitative estimate of drug-likeness (QED) is 0.299. The Morgan fingerprint density at radius 1 is 0.816 bits per heavy atom. The van der Waals surface area contributed by atoms with E-state index in [1.165, 1.54) is 43.0 Å². The molecule has 2 aromatic rings. The number of aryl methyl sites for hydroxylation is 1. The van der Waals surface area contributed by atoms with E-state index in [0.717, 1.165) is 28.7 Å². The Labute approximate surface area is 234 Å². The zero-order chi connectivity index (χ0) is 28.7. The van der Waals surface area contributed by atoms with Crippen LogP contribution >= 0.6 is 0 Å². The second-order valence-electron chi connectivity index (χ2n) is 11.9. The van der Waals surface area contributed by atoms with Crippen molar-refractivity contribution in [3.63, 3.8) is 0 Å². The first-order valence-electron chi connectivity index (χ1n) is 14.5. The molecule has 1 saturated carbocycles. The molecular weight excluding hydrogens is 466 g/mol. The number of hydrogen-bond donors (Lipinski definition) is 0. The van der Waals surface area contributed by atoms with Crippen molar-refractivity contribution in [2.24, 2.45) is 24.8 Å². The van der Waals surface area contributed by atoms with Crippen LogP contribution in [0.1, 0.15) is 104 Å². The van der Waals surface area contributed by atoms with Crippen LogP contribution in [0, 0.1) is 23.0 Å².